The Morgan fingerprint density at radius 1 is 1.00 bits per heavy atom. The first kappa shape index (κ1) is 15.7. The predicted molar refractivity (Wildman–Crippen MR) is 63.7 cm³/mol. The molecule has 1 aromatic heterocycles. The molecule has 0 fully saturated rings. The maximum atomic E-state index is 2.29. The largest absolute Gasteiger partial charge is 1.00 e. The summed E-state index contributed by atoms with van der Waals surface area (Å²) in [6.07, 6.45) is 14.8. The Bertz CT molecular complexity index is 258. The first-order valence-corrected chi connectivity index (χ1v) is 6.41. The second-order valence-electron chi connectivity index (χ2n) is 4.25. The minimum Gasteiger partial charge on any atom is -1.00 e. The van der Waals surface area contributed by atoms with Crippen molar-refractivity contribution in [3.8, 4) is 0 Å². The van der Waals surface area contributed by atoms with Gasteiger partial charge in [-0.2, -0.15) is 0 Å². The van der Waals surface area contributed by atoms with Crippen LogP contribution in [0.25, 0.3) is 0 Å². The Balaban J connectivity index is 0.00000225. The third kappa shape index (κ3) is 6.31. The average molecular weight is 289 g/mol. The van der Waals surface area contributed by atoms with Gasteiger partial charge in [0.05, 0.1) is 13.1 Å². The van der Waals surface area contributed by atoms with Gasteiger partial charge in [0.2, 0.25) is 6.33 Å². The number of nitrogens with zero attached hydrogens (tertiary/aromatic N) is 2. The zero-order valence-corrected chi connectivity index (χ0v) is 12.2. The maximum Gasteiger partial charge on any atom is 0.243 e. The number of aryl methyl sites for hydroxylation is 2. The third-order valence-electron chi connectivity index (χ3n) is 2.88. The maximum absolute atomic E-state index is 2.29. The van der Waals surface area contributed by atoms with Crippen LogP contribution < -0.4 is 21.5 Å². The van der Waals surface area contributed by atoms with Gasteiger partial charge < -0.3 is 17.0 Å². The minimum atomic E-state index is 0. The summed E-state index contributed by atoms with van der Waals surface area (Å²) in [5.74, 6) is 0. The monoisotopic (exact) mass is 288 g/mol. The van der Waals surface area contributed by atoms with E-state index < -0.39 is 0 Å². The minimum absolute atomic E-state index is 0. The van der Waals surface area contributed by atoms with E-state index in [1.165, 1.54) is 45.1 Å². The summed E-state index contributed by atoms with van der Waals surface area (Å²) >= 11 is 0. The zero-order valence-electron chi connectivity index (χ0n) is 10.7. The molecule has 0 spiro atoms. The smallest absolute Gasteiger partial charge is 0.243 e. The molecule has 94 valence electrons. The second-order valence-corrected chi connectivity index (χ2v) is 4.25. The number of aromatic nitrogens is 2. The first-order valence-electron chi connectivity index (χ1n) is 6.41. The van der Waals surface area contributed by atoms with Gasteiger partial charge in [-0.15, -0.1) is 0 Å². The molecule has 3 heteroatoms. The molecule has 0 bridgehead atoms. The fourth-order valence-corrected chi connectivity index (χ4v) is 1.83. The van der Waals surface area contributed by atoms with Crippen LogP contribution in [0.2, 0.25) is 0 Å². The molecule has 0 N–H and O–H groups in total. The Morgan fingerprint density at radius 3 is 2.31 bits per heavy atom. The van der Waals surface area contributed by atoms with Crippen molar-refractivity contribution >= 4 is 0 Å². The zero-order chi connectivity index (χ0) is 10.9. The number of unbranched alkanes of at least 4 members (excludes halogenated alkanes) is 5. The van der Waals surface area contributed by atoms with Crippen molar-refractivity contribution in [3.63, 3.8) is 0 Å². The second kappa shape index (κ2) is 9.88. The van der Waals surface area contributed by atoms with E-state index in [4.69, 9.17) is 0 Å². The van der Waals surface area contributed by atoms with Crippen LogP contribution in [-0.2, 0) is 13.1 Å². The molecule has 16 heavy (non-hydrogen) atoms. The molecule has 1 heterocycles. The van der Waals surface area contributed by atoms with E-state index >= 15 is 0 Å². The molecular weight excluding hydrogens is 264 g/mol. The summed E-state index contributed by atoms with van der Waals surface area (Å²) < 4.78 is 4.51. The normalized spacial score (nSPS) is 10.1. The van der Waals surface area contributed by atoms with Gasteiger partial charge in [0, 0.05) is 0 Å². The van der Waals surface area contributed by atoms with Crippen molar-refractivity contribution in [2.45, 2.75) is 65.5 Å². The van der Waals surface area contributed by atoms with Gasteiger partial charge in [0.25, 0.3) is 0 Å². The van der Waals surface area contributed by atoms with E-state index in [0.29, 0.717) is 0 Å². The lowest BCUT2D eigenvalue weighted by molar-refractivity contribution is -0.696. The number of hydrogen-bond donors (Lipinski definition) is 0. The molecule has 1 aromatic rings. The standard InChI is InChI=1S/C13H25N2.BrH/c1-3-5-6-7-8-9-10-15-12-11-14(4-2)13-15;/h11-13H,3-10H2,1-2H3;1H/q+1;/p-1. The summed E-state index contributed by atoms with van der Waals surface area (Å²) in [6, 6.07) is 0. The average Bonchev–Trinajstić information content (AvgIpc) is 2.71. The molecule has 0 unspecified atom stereocenters. The third-order valence-corrected chi connectivity index (χ3v) is 2.88. The van der Waals surface area contributed by atoms with Crippen LogP contribution in [0.3, 0.4) is 0 Å². The first-order chi connectivity index (χ1) is 7.36. The molecular formula is C13H25BrN2. The lowest BCUT2D eigenvalue weighted by Crippen LogP contribution is -3.00. The summed E-state index contributed by atoms with van der Waals surface area (Å²) in [6.45, 7) is 6.70. The lowest BCUT2D eigenvalue weighted by atomic mass is 10.1. The lowest BCUT2D eigenvalue weighted by Gasteiger charge is -1.98. The van der Waals surface area contributed by atoms with Crippen molar-refractivity contribution in [1.82, 2.24) is 4.57 Å². The van der Waals surface area contributed by atoms with Crippen molar-refractivity contribution in [1.29, 1.82) is 0 Å². The van der Waals surface area contributed by atoms with Crippen molar-refractivity contribution < 1.29 is 21.5 Å². The molecule has 1 rings (SSSR count). The van der Waals surface area contributed by atoms with Crippen LogP contribution in [0.1, 0.15) is 52.4 Å². The molecule has 0 radical (unpaired) electrons. The molecule has 2 nitrogen and oxygen atoms in total. The van der Waals surface area contributed by atoms with Crippen molar-refractivity contribution in [2.75, 3.05) is 0 Å². The van der Waals surface area contributed by atoms with Gasteiger partial charge in [-0.25, -0.2) is 9.13 Å². The summed E-state index contributed by atoms with van der Waals surface area (Å²) in [7, 11) is 0. The highest BCUT2D eigenvalue weighted by atomic mass is 79.9. The van der Waals surface area contributed by atoms with Crippen LogP contribution in [0, 0.1) is 0 Å². The molecule has 0 aliphatic rings. The van der Waals surface area contributed by atoms with E-state index in [1.807, 2.05) is 0 Å². The quantitative estimate of drug-likeness (QED) is 0.476. The van der Waals surface area contributed by atoms with Gasteiger partial charge in [0.15, 0.2) is 0 Å². The summed E-state index contributed by atoms with van der Waals surface area (Å²) in [5.41, 5.74) is 0. The number of imidazole rings is 1. The Labute approximate surface area is 110 Å². The van der Waals surface area contributed by atoms with Gasteiger partial charge in [-0.1, -0.05) is 32.6 Å². The van der Waals surface area contributed by atoms with Crippen LogP contribution >= 0.6 is 0 Å². The SMILES string of the molecule is CCCCCCCC[n+]1ccn(CC)c1.[Br-]. The van der Waals surface area contributed by atoms with Crippen LogP contribution in [0.5, 0.6) is 0 Å². The van der Waals surface area contributed by atoms with E-state index in [-0.39, 0.29) is 17.0 Å². The molecule has 0 amide bonds. The molecule has 0 aromatic carbocycles. The van der Waals surface area contributed by atoms with Gasteiger partial charge >= 0.3 is 0 Å². The summed E-state index contributed by atoms with van der Waals surface area (Å²) in [4.78, 5) is 0. The van der Waals surface area contributed by atoms with Gasteiger partial charge in [-0.05, 0) is 19.8 Å². The highest BCUT2D eigenvalue weighted by molar-refractivity contribution is 4.64. The van der Waals surface area contributed by atoms with Crippen LogP contribution in [0.4, 0.5) is 0 Å². The number of halogens is 1. The molecule has 0 aliphatic carbocycles. The fraction of sp³-hybridized carbons (Fsp3) is 0.769. The van der Waals surface area contributed by atoms with Gasteiger partial charge in [-0.3, -0.25) is 0 Å². The highest BCUT2D eigenvalue weighted by Gasteiger charge is 2.00. The van der Waals surface area contributed by atoms with E-state index in [9.17, 15) is 0 Å². The van der Waals surface area contributed by atoms with Crippen molar-refractivity contribution in [3.05, 3.63) is 18.7 Å². The van der Waals surface area contributed by atoms with E-state index in [1.54, 1.807) is 0 Å². The Hall–Kier alpha value is -0.310. The predicted octanol–water partition coefficient (Wildman–Crippen LogP) is 0.160. The van der Waals surface area contributed by atoms with E-state index in [2.05, 4.69) is 41.7 Å². The number of hydrogen-bond acceptors (Lipinski definition) is 0. The van der Waals surface area contributed by atoms with Crippen LogP contribution in [0.15, 0.2) is 18.7 Å². The van der Waals surface area contributed by atoms with E-state index in [0.717, 1.165) is 6.54 Å². The van der Waals surface area contributed by atoms with Gasteiger partial charge in [0.1, 0.15) is 12.4 Å². The van der Waals surface area contributed by atoms with Crippen molar-refractivity contribution in [2.24, 2.45) is 0 Å². The van der Waals surface area contributed by atoms with Crippen LogP contribution in [-0.4, -0.2) is 4.57 Å². The molecule has 0 atom stereocenters. The molecule has 0 saturated carbocycles. The Kier molecular flexibility index (Phi) is 9.69. The fourth-order valence-electron chi connectivity index (χ4n) is 1.83. The molecule has 0 aliphatic heterocycles. The topological polar surface area (TPSA) is 8.81 Å². The Morgan fingerprint density at radius 2 is 1.69 bits per heavy atom. The summed E-state index contributed by atoms with van der Waals surface area (Å²) in [5, 5.41) is 0. The molecule has 0 saturated heterocycles. The number of rotatable bonds is 8. The highest BCUT2D eigenvalue weighted by Crippen LogP contribution is 2.04.